The van der Waals surface area contributed by atoms with Crippen molar-refractivity contribution < 1.29 is 0 Å². The molecule has 0 amide bonds. The molecule has 19 heavy (non-hydrogen) atoms. The van der Waals surface area contributed by atoms with E-state index in [2.05, 4.69) is 9.98 Å². The van der Waals surface area contributed by atoms with Gasteiger partial charge in [0.05, 0.1) is 11.2 Å². The van der Waals surface area contributed by atoms with Gasteiger partial charge in [-0.2, -0.15) is 0 Å². The summed E-state index contributed by atoms with van der Waals surface area (Å²) in [5, 5.41) is 1.78. The summed E-state index contributed by atoms with van der Waals surface area (Å²) in [7, 11) is 0. The van der Waals surface area contributed by atoms with E-state index in [0.29, 0.717) is 0 Å². The molecule has 92 valence electrons. The highest BCUT2D eigenvalue weighted by atomic mass is 35.5. The van der Waals surface area contributed by atoms with Crippen LogP contribution in [0.5, 0.6) is 0 Å². The molecule has 0 aliphatic carbocycles. The van der Waals surface area contributed by atoms with Gasteiger partial charge in [-0.1, -0.05) is 29.8 Å². The van der Waals surface area contributed by atoms with Crippen LogP contribution in [-0.2, 0) is 0 Å². The largest absolute Gasteiger partial charge is 0.256 e. The summed E-state index contributed by atoms with van der Waals surface area (Å²) >= 11 is 5.85. The first-order valence-electron chi connectivity index (χ1n) is 5.96. The molecule has 0 fully saturated rings. The molecular formula is C16H11ClN2. The molecule has 0 N–H and O–H groups in total. The number of aromatic nitrogens is 1. The Balaban J connectivity index is 1.99. The molecule has 0 saturated carbocycles. The van der Waals surface area contributed by atoms with Gasteiger partial charge < -0.3 is 0 Å². The first-order valence-corrected chi connectivity index (χ1v) is 6.34. The third-order valence-corrected chi connectivity index (χ3v) is 3.10. The molecule has 0 radical (unpaired) electrons. The van der Waals surface area contributed by atoms with Crippen molar-refractivity contribution in [3.63, 3.8) is 0 Å². The molecule has 0 unspecified atom stereocenters. The minimum absolute atomic E-state index is 0.728. The van der Waals surface area contributed by atoms with Gasteiger partial charge in [-0.3, -0.25) is 9.98 Å². The quantitative estimate of drug-likeness (QED) is 0.621. The summed E-state index contributed by atoms with van der Waals surface area (Å²) < 4.78 is 0. The number of nitrogens with zero attached hydrogens (tertiary/aromatic N) is 2. The minimum atomic E-state index is 0.728. The molecule has 3 aromatic rings. The van der Waals surface area contributed by atoms with Crippen molar-refractivity contribution in [2.75, 3.05) is 0 Å². The second kappa shape index (κ2) is 5.21. The number of halogens is 1. The summed E-state index contributed by atoms with van der Waals surface area (Å²) in [4.78, 5) is 8.84. The summed E-state index contributed by atoms with van der Waals surface area (Å²) in [5.41, 5.74) is 2.89. The van der Waals surface area contributed by atoms with Crippen LogP contribution in [0.3, 0.4) is 0 Å². The second-order valence-electron chi connectivity index (χ2n) is 4.16. The molecule has 0 atom stereocenters. The van der Waals surface area contributed by atoms with E-state index >= 15 is 0 Å². The number of aliphatic imine (C=N–C) groups is 1. The number of pyridine rings is 1. The predicted molar refractivity (Wildman–Crippen MR) is 80.4 cm³/mol. The SMILES string of the molecule is Clc1ccc(C=Nc2cccc3ncccc23)cc1. The van der Waals surface area contributed by atoms with Crippen LogP contribution >= 0.6 is 11.6 Å². The molecule has 2 aromatic carbocycles. The fourth-order valence-electron chi connectivity index (χ4n) is 1.89. The zero-order valence-corrected chi connectivity index (χ0v) is 10.9. The fourth-order valence-corrected chi connectivity index (χ4v) is 2.02. The lowest BCUT2D eigenvalue weighted by Crippen LogP contribution is -1.81. The summed E-state index contributed by atoms with van der Waals surface area (Å²) in [5.74, 6) is 0. The highest BCUT2D eigenvalue weighted by molar-refractivity contribution is 6.30. The minimum Gasteiger partial charge on any atom is -0.256 e. The number of rotatable bonds is 2. The Labute approximate surface area is 116 Å². The van der Waals surface area contributed by atoms with Crippen LogP contribution < -0.4 is 0 Å². The Morgan fingerprint density at radius 3 is 2.63 bits per heavy atom. The van der Waals surface area contributed by atoms with E-state index in [1.165, 1.54) is 0 Å². The van der Waals surface area contributed by atoms with Gasteiger partial charge in [0, 0.05) is 22.8 Å². The van der Waals surface area contributed by atoms with Gasteiger partial charge >= 0.3 is 0 Å². The maximum atomic E-state index is 5.85. The van der Waals surface area contributed by atoms with Crippen molar-refractivity contribution >= 4 is 34.4 Å². The lowest BCUT2D eigenvalue weighted by atomic mass is 10.2. The lowest BCUT2D eigenvalue weighted by molar-refractivity contribution is 1.41. The molecule has 0 bridgehead atoms. The zero-order valence-electron chi connectivity index (χ0n) is 10.1. The van der Waals surface area contributed by atoms with Gasteiger partial charge in [-0.05, 0) is 42.0 Å². The maximum Gasteiger partial charge on any atom is 0.0723 e. The Kier molecular flexibility index (Phi) is 3.25. The molecular weight excluding hydrogens is 256 g/mol. The smallest absolute Gasteiger partial charge is 0.0723 e. The number of hydrogen-bond acceptors (Lipinski definition) is 2. The van der Waals surface area contributed by atoms with E-state index in [1.54, 1.807) is 6.20 Å². The summed E-state index contributed by atoms with van der Waals surface area (Å²) in [6, 6.07) is 17.5. The predicted octanol–water partition coefficient (Wildman–Crippen LogP) is 4.64. The zero-order chi connectivity index (χ0) is 13.1. The van der Waals surface area contributed by atoms with Crippen molar-refractivity contribution in [2.45, 2.75) is 0 Å². The second-order valence-corrected chi connectivity index (χ2v) is 4.59. The number of hydrogen-bond donors (Lipinski definition) is 0. The van der Waals surface area contributed by atoms with Gasteiger partial charge in [0.15, 0.2) is 0 Å². The molecule has 3 rings (SSSR count). The first kappa shape index (κ1) is 11.9. The van der Waals surface area contributed by atoms with Crippen molar-refractivity contribution in [1.29, 1.82) is 0 Å². The Morgan fingerprint density at radius 1 is 0.947 bits per heavy atom. The average molecular weight is 267 g/mol. The van der Waals surface area contributed by atoms with Crippen LogP contribution in [0.15, 0.2) is 65.8 Å². The molecule has 1 aromatic heterocycles. The monoisotopic (exact) mass is 266 g/mol. The fraction of sp³-hybridized carbons (Fsp3) is 0. The molecule has 0 aliphatic heterocycles. The molecule has 2 nitrogen and oxygen atoms in total. The average Bonchev–Trinajstić information content (AvgIpc) is 2.47. The molecule has 0 saturated heterocycles. The number of benzene rings is 2. The summed E-state index contributed by atoms with van der Waals surface area (Å²) in [6.45, 7) is 0. The molecule has 3 heteroatoms. The highest BCUT2D eigenvalue weighted by Crippen LogP contribution is 2.24. The van der Waals surface area contributed by atoms with Crippen LogP contribution in [0.4, 0.5) is 5.69 Å². The number of fused-ring (bicyclic) bond motifs is 1. The van der Waals surface area contributed by atoms with Crippen LogP contribution in [0.25, 0.3) is 10.9 Å². The van der Waals surface area contributed by atoms with Crippen LogP contribution in [0.2, 0.25) is 5.02 Å². The van der Waals surface area contributed by atoms with Crippen LogP contribution in [0, 0.1) is 0 Å². The van der Waals surface area contributed by atoms with Crippen LogP contribution in [0.1, 0.15) is 5.56 Å². The Morgan fingerprint density at radius 2 is 1.79 bits per heavy atom. The van der Waals surface area contributed by atoms with E-state index in [4.69, 9.17) is 11.6 Å². The Hall–Kier alpha value is -2.19. The van der Waals surface area contributed by atoms with Crippen molar-refractivity contribution in [3.05, 3.63) is 71.4 Å². The van der Waals surface area contributed by atoms with Crippen molar-refractivity contribution in [1.82, 2.24) is 4.98 Å². The van der Waals surface area contributed by atoms with Gasteiger partial charge in [-0.25, -0.2) is 0 Å². The Bertz CT molecular complexity index is 728. The van der Waals surface area contributed by atoms with E-state index in [-0.39, 0.29) is 0 Å². The first-order chi connectivity index (χ1) is 9.33. The third kappa shape index (κ3) is 2.64. The van der Waals surface area contributed by atoms with Crippen molar-refractivity contribution in [2.24, 2.45) is 4.99 Å². The lowest BCUT2D eigenvalue weighted by Gasteiger charge is -2.00. The topological polar surface area (TPSA) is 25.2 Å². The van der Waals surface area contributed by atoms with Gasteiger partial charge in [-0.15, -0.1) is 0 Å². The van der Waals surface area contributed by atoms with E-state index in [1.807, 2.05) is 60.8 Å². The maximum absolute atomic E-state index is 5.85. The van der Waals surface area contributed by atoms with E-state index < -0.39 is 0 Å². The highest BCUT2D eigenvalue weighted by Gasteiger charge is 1.98. The van der Waals surface area contributed by atoms with E-state index in [0.717, 1.165) is 27.2 Å². The standard InChI is InChI=1S/C16H11ClN2/c17-13-8-6-12(7-9-13)11-19-16-5-1-4-15-14(16)3-2-10-18-15/h1-11H. The third-order valence-electron chi connectivity index (χ3n) is 2.85. The van der Waals surface area contributed by atoms with E-state index in [9.17, 15) is 0 Å². The summed E-state index contributed by atoms with van der Waals surface area (Å²) in [6.07, 6.45) is 3.62. The van der Waals surface area contributed by atoms with Gasteiger partial charge in [0.25, 0.3) is 0 Å². The van der Waals surface area contributed by atoms with Crippen molar-refractivity contribution in [3.8, 4) is 0 Å². The molecule has 1 heterocycles. The normalized spacial score (nSPS) is 11.2. The molecule has 0 aliphatic rings. The van der Waals surface area contributed by atoms with Gasteiger partial charge in [0.2, 0.25) is 0 Å². The molecule has 0 spiro atoms. The van der Waals surface area contributed by atoms with Gasteiger partial charge in [0.1, 0.15) is 0 Å². The van der Waals surface area contributed by atoms with Crippen LogP contribution in [-0.4, -0.2) is 11.2 Å².